The fourth-order valence-corrected chi connectivity index (χ4v) is 3.21. The Hall–Kier alpha value is -2.05. The van der Waals surface area contributed by atoms with Crippen LogP contribution in [0.15, 0.2) is 30.5 Å². The first-order valence-electron chi connectivity index (χ1n) is 8.82. The third-order valence-corrected chi connectivity index (χ3v) is 4.80. The van der Waals surface area contributed by atoms with Crippen LogP contribution in [-0.4, -0.2) is 48.5 Å². The van der Waals surface area contributed by atoms with E-state index in [9.17, 15) is 9.59 Å². The fourth-order valence-electron chi connectivity index (χ4n) is 3.21. The zero-order chi connectivity index (χ0) is 17.8. The second kappa shape index (κ2) is 9.05. The molecule has 142 valence electrons. The Kier molecular flexibility index (Phi) is 7.06. The van der Waals surface area contributed by atoms with Crippen LogP contribution in [0.25, 0.3) is 10.9 Å². The average Bonchev–Trinajstić information content (AvgIpc) is 3.23. The summed E-state index contributed by atoms with van der Waals surface area (Å²) in [6.07, 6.45) is 4.54. The maximum atomic E-state index is 12.2. The number of hydrogen-bond donors (Lipinski definition) is 2. The zero-order valence-electron chi connectivity index (χ0n) is 15.3. The van der Waals surface area contributed by atoms with Gasteiger partial charge < -0.3 is 20.1 Å². The summed E-state index contributed by atoms with van der Waals surface area (Å²) in [5.41, 5.74) is 1.73. The van der Waals surface area contributed by atoms with Gasteiger partial charge >= 0.3 is 0 Å². The molecule has 26 heavy (non-hydrogen) atoms. The number of fused-ring (bicyclic) bond motifs is 1. The lowest BCUT2D eigenvalue weighted by Gasteiger charge is -2.12. The van der Waals surface area contributed by atoms with E-state index in [4.69, 9.17) is 0 Å². The molecule has 0 radical (unpaired) electrons. The van der Waals surface area contributed by atoms with E-state index >= 15 is 0 Å². The summed E-state index contributed by atoms with van der Waals surface area (Å²) in [5, 5.41) is 7.37. The number of halogens is 1. The Balaban J connectivity index is 0.00000243. The van der Waals surface area contributed by atoms with Crippen molar-refractivity contribution < 1.29 is 9.59 Å². The van der Waals surface area contributed by atoms with Crippen LogP contribution >= 0.6 is 12.4 Å². The number of aromatic nitrogens is 1. The monoisotopic (exact) mass is 378 g/mol. The number of hydrogen-bond acceptors (Lipinski definition) is 3. The van der Waals surface area contributed by atoms with Crippen LogP contribution in [0.5, 0.6) is 0 Å². The summed E-state index contributed by atoms with van der Waals surface area (Å²) in [6, 6.07) is 7.81. The standard InChI is InChI=1S/C19H26N4O2.ClH/c1-22(2)19(25)13-23-10-8-15-4-5-16(11-17(15)23)21-18(24)6-3-14-7-9-20-12-14;/h4-5,8,10-11,14,20H,3,6-7,9,12-13H2,1-2H3,(H,21,24);1H. The van der Waals surface area contributed by atoms with Crippen LogP contribution in [0.2, 0.25) is 0 Å². The third kappa shape index (κ3) is 4.99. The highest BCUT2D eigenvalue weighted by Gasteiger charge is 2.16. The molecular formula is C19H27ClN4O2. The average molecular weight is 379 g/mol. The number of anilines is 1. The van der Waals surface area contributed by atoms with Crippen LogP contribution in [0, 0.1) is 5.92 Å². The summed E-state index contributed by atoms with van der Waals surface area (Å²) in [6.45, 7) is 2.38. The second-order valence-electron chi connectivity index (χ2n) is 6.95. The van der Waals surface area contributed by atoms with Crippen molar-refractivity contribution in [2.75, 3.05) is 32.5 Å². The Labute approximate surface area is 160 Å². The van der Waals surface area contributed by atoms with Gasteiger partial charge in [-0.25, -0.2) is 0 Å². The van der Waals surface area contributed by atoms with Gasteiger partial charge in [-0.3, -0.25) is 9.59 Å². The minimum absolute atomic E-state index is 0. The summed E-state index contributed by atoms with van der Waals surface area (Å²) in [7, 11) is 3.50. The maximum Gasteiger partial charge on any atom is 0.241 e. The molecule has 0 bridgehead atoms. The van der Waals surface area contributed by atoms with Crippen LogP contribution in [0.3, 0.4) is 0 Å². The molecule has 0 aliphatic carbocycles. The van der Waals surface area contributed by atoms with E-state index in [1.165, 1.54) is 0 Å². The number of carbonyl (C=O) groups is 2. The number of likely N-dealkylation sites (N-methyl/N-ethyl adjacent to an activating group) is 1. The second-order valence-corrected chi connectivity index (χ2v) is 6.95. The molecule has 2 aromatic rings. The zero-order valence-corrected chi connectivity index (χ0v) is 16.1. The van der Waals surface area contributed by atoms with E-state index in [1.54, 1.807) is 19.0 Å². The van der Waals surface area contributed by atoms with Gasteiger partial charge in [0.05, 0.1) is 5.52 Å². The Morgan fingerprint density at radius 3 is 2.81 bits per heavy atom. The lowest BCUT2D eigenvalue weighted by Crippen LogP contribution is -2.25. The molecule has 1 saturated heterocycles. The number of nitrogens with one attached hydrogen (secondary N) is 2. The van der Waals surface area contributed by atoms with Crippen molar-refractivity contribution in [1.82, 2.24) is 14.8 Å². The van der Waals surface area contributed by atoms with Gasteiger partial charge in [0.1, 0.15) is 6.54 Å². The van der Waals surface area contributed by atoms with Crippen LogP contribution in [-0.2, 0) is 16.1 Å². The largest absolute Gasteiger partial charge is 0.347 e. The van der Waals surface area contributed by atoms with Crippen molar-refractivity contribution in [2.24, 2.45) is 5.92 Å². The van der Waals surface area contributed by atoms with E-state index in [-0.39, 0.29) is 24.2 Å². The lowest BCUT2D eigenvalue weighted by atomic mass is 10.0. The molecule has 2 amide bonds. The van der Waals surface area contributed by atoms with Crippen molar-refractivity contribution >= 4 is 40.8 Å². The smallest absolute Gasteiger partial charge is 0.241 e. The van der Waals surface area contributed by atoms with Crippen LogP contribution < -0.4 is 10.6 Å². The molecule has 1 unspecified atom stereocenters. The predicted molar refractivity (Wildman–Crippen MR) is 107 cm³/mol. The van der Waals surface area contributed by atoms with Gasteiger partial charge in [0.25, 0.3) is 0 Å². The van der Waals surface area contributed by atoms with Crippen LogP contribution in [0.1, 0.15) is 19.3 Å². The summed E-state index contributed by atoms with van der Waals surface area (Å²) >= 11 is 0. The molecule has 2 heterocycles. The number of rotatable bonds is 6. The summed E-state index contributed by atoms with van der Waals surface area (Å²) in [4.78, 5) is 25.7. The number of carbonyl (C=O) groups excluding carboxylic acids is 2. The Bertz CT molecular complexity index is 766. The highest BCUT2D eigenvalue weighted by Crippen LogP contribution is 2.21. The molecular weight excluding hydrogens is 352 g/mol. The van der Waals surface area contributed by atoms with Crippen LogP contribution in [0.4, 0.5) is 5.69 Å². The summed E-state index contributed by atoms with van der Waals surface area (Å²) < 4.78 is 1.91. The number of benzene rings is 1. The predicted octanol–water partition coefficient (Wildman–Crippen LogP) is 2.48. The van der Waals surface area contributed by atoms with E-state index in [0.717, 1.165) is 42.5 Å². The van der Waals surface area contributed by atoms with Gasteiger partial charge in [0, 0.05) is 32.4 Å². The fraction of sp³-hybridized carbons (Fsp3) is 0.474. The summed E-state index contributed by atoms with van der Waals surface area (Å²) in [5.74, 6) is 0.702. The van der Waals surface area contributed by atoms with Crippen molar-refractivity contribution in [3.05, 3.63) is 30.5 Å². The topological polar surface area (TPSA) is 66.4 Å². The van der Waals surface area contributed by atoms with E-state index in [1.807, 2.05) is 35.0 Å². The molecule has 2 N–H and O–H groups in total. The molecule has 7 heteroatoms. The molecule has 0 spiro atoms. The first kappa shape index (κ1) is 20.3. The highest BCUT2D eigenvalue weighted by molar-refractivity contribution is 5.94. The third-order valence-electron chi connectivity index (χ3n) is 4.80. The molecule has 1 aliphatic rings. The molecule has 1 aromatic carbocycles. The molecule has 1 fully saturated rings. The first-order chi connectivity index (χ1) is 12.0. The molecule has 1 aliphatic heterocycles. The number of nitrogens with zero attached hydrogens (tertiary/aromatic N) is 2. The van der Waals surface area contributed by atoms with Crippen molar-refractivity contribution in [3.8, 4) is 0 Å². The molecule has 6 nitrogen and oxygen atoms in total. The maximum absolute atomic E-state index is 12.2. The normalized spacial score (nSPS) is 16.3. The Morgan fingerprint density at radius 2 is 2.12 bits per heavy atom. The van der Waals surface area contributed by atoms with Gasteiger partial charge in [0.2, 0.25) is 11.8 Å². The first-order valence-corrected chi connectivity index (χ1v) is 8.82. The van der Waals surface area contributed by atoms with Gasteiger partial charge in [-0.05, 0) is 55.4 Å². The SMILES string of the molecule is CN(C)C(=O)Cn1ccc2ccc(NC(=O)CCC3CCNC3)cc21.Cl. The lowest BCUT2D eigenvalue weighted by molar-refractivity contribution is -0.129. The molecule has 1 atom stereocenters. The molecule has 0 saturated carbocycles. The minimum Gasteiger partial charge on any atom is -0.347 e. The van der Waals surface area contributed by atoms with Gasteiger partial charge in [-0.1, -0.05) is 6.07 Å². The van der Waals surface area contributed by atoms with E-state index in [0.29, 0.717) is 18.9 Å². The van der Waals surface area contributed by atoms with Gasteiger partial charge in [-0.15, -0.1) is 12.4 Å². The van der Waals surface area contributed by atoms with Crippen molar-refractivity contribution in [2.45, 2.75) is 25.8 Å². The van der Waals surface area contributed by atoms with Crippen molar-refractivity contribution in [3.63, 3.8) is 0 Å². The Morgan fingerprint density at radius 1 is 1.31 bits per heavy atom. The molecule has 1 aromatic heterocycles. The van der Waals surface area contributed by atoms with Gasteiger partial charge in [0.15, 0.2) is 0 Å². The van der Waals surface area contributed by atoms with E-state index < -0.39 is 0 Å². The highest BCUT2D eigenvalue weighted by atomic mass is 35.5. The quantitative estimate of drug-likeness (QED) is 0.811. The van der Waals surface area contributed by atoms with Crippen molar-refractivity contribution in [1.29, 1.82) is 0 Å². The number of amides is 2. The molecule has 3 rings (SSSR count). The van der Waals surface area contributed by atoms with E-state index in [2.05, 4.69) is 10.6 Å². The van der Waals surface area contributed by atoms with Gasteiger partial charge in [-0.2, -0.15) is 0 Å². The minimum atomic E-state index is 0.